The van der Waals surface area contributed by atoms with Crippen molar-refractivity contribution in [3.63, 3.8) is 0 Å². The highest BCUT2D eigenvalue weighted by Gasteiger charge is 2.28. The second-order valence-corrected chi connectivity index (χ2v) is 9.09. The number of rotatable bonds is 8. The SMILES string of the molecule is COc1ccc2cc3[n+](cc2c1OCCCCC[n+]1ccccc1)CCc1cc2c(cc1-3)OCO2.[Cl-].[Cl-]. The highest BCUT2D eigenvalue weighted by molar-refractivity contribution is 5.91. The lowest BCUT2D eigenvalue weighted by atomic mass is 9.95. The van der Waals surface area contributed by atoms with Crippen molar-refractivity contribution in [1.29, 1.82) is 0 Å². The van der Waals surface area contributed by atoms with Gasteiger partial charge in [0.25, 0.3) is 0 Å². The number of halogens is 2. The lowest BCUT2D eigenvalue weighted by Crippen LogP contribution is -3.00. The third-order valence-electron chi connectivity index (χ3n) is 6.88. The van der Waals surface area contributed by atoms with E-state index in [2.05, 4.69) is 64.1 Å². The van der Waals surface area contributed by atoms with Crippen LogP contribution in [0.2, 0.25) is 0 Å². The van der Waals surface area contributed by atoms with E-state index in [4.69, 9.17) is 18.9 Å². The van der Waals surface area contributed by atoms with Crippen LogP contribution in [-0.4, -0.2) is 20.5 Å². The van der Waals surface area contributed by atoms with Gasteiger partial charge in [-0.15, -0.1) is 0 Å². The summed E-state index contributed by atoms with van der Waals surface area (Å²) in [4.78, 5) is 0. The smallest absolute Gasteiger partial charge is 0.231 e. The molecule has 2 aliphatic heterocycles. The zero-order chi connectivity index (χ0) is 23.6. The van der Waals surface area contributed by atoms with Gasteiger partial charge in [-0.05, 0) is 48.1 Å². The normalized spacial score (nSPS) is 12.7. The molecule has 0 amide bonds. The van der Waals surface area contributed by atoms with Crippen LogP contribution in [0.1, 0.15) is 24.8 Å². The summed E-state index contributed by atoms with van der Waals surface area (Å²) in [5.74, 6) is 3.27. The third kappa shape index (κ3) is 5.41. The minimum Gasteiger partial charge on any atom is -1.00 e. The summed E-state index contributed by atoms with van der Waals surface area (Å²) in [5, 5.41) is 2.22. The molecule has 6 nitrogen and oxygen atoms in total. The summed E-state index contributed by atoms with van der Waals surface area (Å²) in [6.45, 7) is 2.90. The van der Waals surface area contributed by atoms with E-state index in [9.17, 15) is 0 Å². The van der Waals surface area contributed by atoms with Crippen LogP contribution in [0.4, 0.5) is 0 Å². The van der Waals surface area contributed by atoms with E-state index in [1.807, 2.05) is 12.1 Å². The number of pyridine rings is 2. The van der Waals surface area contributed by atoms with Crippen molar-refractivity contribution in [2.75, 3.05) is 20.5 Å². The Balaban J connectivity index is 0.00000160. The molecule has 37 heavy (non-hydrogen) atoms. The van der Waals surface area contributed by atoms with Gasteiger partial charge in [0.15, 0.2) is 48.1 Å². The Bertz CT molecular complexity index is 1380. The van der Waals surface area contributed by atoms with E-state index < -0.39 is 0 Å². The van der Waals surface area contributed by atoms with Crippen LogP contribution in [0.3, 0.4) is 0 Å². The highest BCUT2D eigenvalue weighted by Crippen LogP contribution is 2.41. The van der Waals surface area contributed by atoms with Gasteiger partial charge in [0, 0.05) is 31.0 Å². The molecule has 4 heterocycles. The molecule has 2 aromatic heterocycles. The van der Waals surface area contributed by atoms with Gasteiger partial charge in [-0.25, -0.2) is 4.57 Å². The minimum atomic E-state index is 0. The molecule has 4 aromatic rings. The van der Waals surface area contributed by atoms with Gasteiger partial charge in [0.05, 0.1) is 24.7 Å². The first-order valence-electron chi connectivity index (χ1n) is 12.3. The molecule has 0 radical (unpaired) electrons. The topological polar surface area (TPSA) is 44.7 Å². The first-order chi connectivity index (χ1) is 17.3. The summed E-state index contributed by atoms with van der Waals surface area (Å²) in [7, 11) is 1.70. The fraction of sp³-hybridized carbons (Fsp3) is 0.310. The van der Waals surface area contributed by atoms with Gasteiger partial charge in [-0.3, -0.25) is 0 Å². The molecule has 0 fully saturated rings. The number of hydrogen-bond acceptors (Lipinski definition) is 4. The van der Waals surface area contributed by atoms with Crippen molar-refractivity contribution < 1.29 is 52.9 Å². The number of aryl methyl sites for hydroxylation is 3. The van der Waals surface area contributed by atoms with Gasteiger partial charge in [-0.1, -0.05) is 6.07 Å². The Morgan fingerprint density at radius 3 is 2.54 bits per heavy atom. The third-order valence-corrected chi connectivity index (χ3v) is 6.88. The van der Waals surface area contributed by atoms with E-state index in [0.29, 0.717) is 13.4 Å². The van der Waals surface area contributed by atoms with E-state index in [1.54, 1.807) is 7.11 Å². The molecule has 2 aliphatic rings. The lowest BCUT2D eigenvalue weighted by Gasteiger charge is -2.18. The van der Waals surface area contributed by atoms with Gasteiger partial charge >= 0.3 is 0 Å². The van der Waals surface area contributed by atoms with E-state index in [1.165, 1.54) is 16.8 Å². The maximum Gasteiger partial charge on any atom is 0.231 e. The fourth-order valence-corrected chi connectivity index (χ4v) is 5.04. The maximum atomic E-state index is 6.33. The molecular weight excluding hydrogens is 511 g/mol. The van der Waals surface area contributed by atoms with Crippen LogP contribution >= 0.6 is 0 Å². The number of ether oxygens (including phenoxy) is 4. The zero-order valence-corrected chi connectivity index (χ0v) is 22.3. The maximum absolute atomic E-state index is 6.33. The summed E-state index contributed by atoms with van der Waals surface area (Å²) < 4.78 is 27.8. The van der Waals surface area contributed by atoms with Crippen molar-refractivity contribution in [2.24, 2.45) is 0 Å². The quantitative estimate of drug-likeness (QED) is 0.204. The van der Waals surface area contributed by atoms with Crippen LogP contribution in [0, 0.1) is 0 Å². The molecule has 0 atom stereocenters. The standard InChI is InChI=1S/C29H30N2O4.2ClH/c1-32-26-9-8-21-16-25-23-18-28-27(34-20-35-28)17-22(23)10-14-31(25)19-24(21)29(26)33-15-7-3-6-13-30-11-4-2-5-12-30;;/h2,4-5,8-9,11-12,16-19H,3,6-7,10,13-15,20H2,1H3;2*1H/q+2;;/p-2. The van der Waals surface area contributed by atoms with Crippen LogP contribution in [0.15, 0.2) is 67.1 Å². The number of methoxy groups -OCH3 is 1. The number of benzene rings is 2. The molecule has 0 saturated carbocycles. The number of nitrogens with zero attached hydrogens (tertiary/aromatic N) is 2. The van der Waals surface area contributed by atoms with Crippen molar-refractivity contribution in [3.05, 3.63) is 72.7 Å². The molecule has 2 aromatic carbocycles. The van der Waals surface area contributed by atoms with Gasteiger partial charge in [0.2, 0.25) is 12.5 Å². The molecule has 0 spiro atoms. The van der Waals surface area contributed by atoms with Crippen LogP contribution in [0.25, 0.3) is 22.0 Å². The van der Waals surface area contributed by atoms with Crippen molar-refractivity contribution in [3.8, 4) is 34.3 Å². The molecule has 0 saturated heterocycles. The minimum absolute atomic E-state index is 0. The largest absolute Gasteiger partial charge is 1.00 e. The lowest BCUT2D eigenvalue weighted by molar-refractivity contribution is -0.697. The molecular formula is C29H30Cl2N2O4. The average Bonchev–Trinajstić information content (AvgIpc) is 3.36. The predicted octanol–water partition coefficient (Wildman–Crippen LogP) is -1.37. The Hall–Kier alpha value is -3.22. The molecule has 0 N–H and O–H groups in total. The summed E-state index contributed by atoms with van der Waals surface area (Å²) >= 11 is 0. The van der Waals surface area contributed by atoms with Crippen molar-refractivity contribution in [2.45, 2.75) is 38.8 Å². The van der Waals surface area contributed by atoms with Crippen LogP contribution in [0.5, 0.6) is 23.0 Å². The summed E-state index contributed by atoms with van der Waals surface area (Å²) in [6, 6.07) is 16.8. The van der Waals surface area contributed by atoms with Crippen LogP contribution in [-0.2, 0) is 19.5 Å². The Morgan fingerprint density at radius 1 is 0.919 bits per heavy atom. The van der Waals surface area contributed by atoms with Gasteiger partial charge in [-0.2, -0.15) is 4.57 Å². The number of unbranched alkanes of at least 4 members (excludes halogenated alkanes) is 2. The average molecular weight is 541 g/mol. The first kappa shape index (κ1) is 26.8. The van der Waals surface area contributed by atoms with E-state index in [0.717, 1.165) is 72.5 Å². The summed E-state index contributed by atoms with van der Waals surface area (Å²) in [5.41, 5.74) is 3.69. The van der Waals surface area contributed by atoms with Gasteiger partial charge in [0.1, 0.15) is 6.54 Å². The Kier molecular flexibility index (Phi) is 8.62. The van der Waals surface area contributed by atoms with Crippen LogP contribution < -0.4 is 52.9 Å². The van der Waals surface area contributed by atoms with Crippen molar-refractivity contribution >= 4 is 10.8 Å². The van der Waals surface area contributed by atoms with E-state index in [-0.39, 0.29) is 24.8 Å². The Labute approximate surface area is 229 Å². The van der Waals surface area contributed by atoms with Crippen molar-refractivity contribution in [1.82, 2.24) is 0 Å². The predicted molar refractivity (Wildman–Crippen MR) is 132 cm³/mol. The molecule has 0 unspecified atom stereocenters. The molecule has 6 rings (SSSR count). The van der Waals surface area contributed by atoms with E-state index >= 15 is 0 Å². The number of hydrogen-bond donors (Lipinski definition) is 0. The monoisotopic (exact) mass is 540 g/mol. The number of fused-ring (bicyclic) bond motifs is 5. The zero-order valence-electron chi connectivity index (χ0n) is 20.8. The first-order valence-corrected chi connectivity index (χ1v) is 12.3. The molecule has 194 valence electrons. The highest BCUT2D eigenvalue weighted by atomic mass is 35.5. The molecule has 0 aliphatic carbocycles. The fourth-order valence-electron chi connectivity index (χ4n) is 5.04. The molecule has 0 bridgehead atoms. The van der Waals surface area contributed by atoms with Gasteiger partial charge < -0.3 is 43.8 Å². The molecule has 8 heteroatoms. The summed E-state index contributed by atoms with van der Waals surface area (Å²) in [6.07, 6.45) is 10.6. The Morgan fingerprint density at radius 2 is 1.73 bits per heavy atom. The second-order valence-electron chi connectivity index (χ2n) is 9.09. The number of aromatic nitrogens is 2. The second kappa shape index (κ2) is 11.9.